The Labute approximate surface area is 104 Å². The van der Waals surface area contributed by atoms with Crippen molar-refractivity contribution < 1.29 is 8.42 Å². The van der Waals surface area contributed by atoms with E-state index in [1.165, 1.54) is 0 Å². The standard InChI is InChI=1S/C13H21NO2S/c1-3-5-13(14)11-6-8-12(9-7-11)17(15,16)10-4-2/h6-9,13H,3-5,10,14H2,1-2H3. The molecule has 0 spiro atoms. The highest BCUT2D eigenvalue weighted by atomic mass is 32.2. The third-order valence-electron chi connectivity index (χ3n) is 2.74. The lowest BCUT2D eigenvalue weighted by atomic mass is 10.0. The van der Waals surface area contributed by atoms with E-state index < -0.39 is 9.84 Å². The zero-order valence-corrected chi connectivity index (χ0v) is 11.3. The second-order valence-corrected chi connectivity index (χ2v) is 6.39. The zero-order valence-electron chi connectivity index (χ0n) is 10.5. The van der Waals surface area contributed by atoms with Crippen LogP contribution in [-0.4, -0.2) is 14.2 Å². The molecule has 0 heterocycles. The molecule has 0 bridgehead atoms. The smallest absolute Gasteiger partial charge is 0.178 e. The van der Waals surface area contributed by atoms with Crippen molar-refractivity contribution in [3.63, 3.8) is 0 Å². The first-order chi connectivity index (χ1) is 8.01. The van der Waals surface area contributed by atoms with Crippen molar-refractivity contribution in [1.82, 2.24) is 0 Å². The first-order valence-electron chi connectivity index (χ1n) is 6.09. The number of sulfone groups is 1. The van der Waals surface area contributed by atoms with Crippen LogP contribution in [0.15, 0.2) is 29.2 Å². The molecule has 0 saturated heterocycles. The van der Waals surface area contributed by atoms with Crippen LogP contribution in [0.1, 0.15) is 44.7 Å². The van der Waals surface area contributed by atoms with Crippen molar-refractivity contribution in [2.45, 2.75) is 44.0 Å². The van der Waals surface area contributed by atoms with E-state index in [-0.39, 0.29) is 11.8 Å². The fourth-order valence-electron chi connectivity index (χ4n) is 1.79. The first-order valence-corrected chi connectivity index (χ1v) is 7.74. The lowest BCUT2D eigenvalue weighted by Crippen LogP contribution is -2.10. The van der Waals surface area contributed by atoms with Gasteiger partial charge in [0.1, 0.15) is 0 Å². The number of hydrogen-bond acceptors (Lipinski definition) is 3. The van der Waals surface area contributed by atoms with Crippen molar-refractivity contribution >= 4 is 9.84 Å². The minimum atomic E-state index is -3.11. The number of rotatable bonds is 6. The number of benzene rings is 1. The van der Waals surface area contributed by atoms with Crippen LogP contribution in [0, 0.1) is 0 Å². The third kappa shape index (κ3) is 3.82. The largest absolute Gasteiger partial charge is 0.324 e. The lowest BCUT2D eigenvalue weighted by Gasteiger charge is -2.11. The van der Waals surface area contributed by atoms with Gasteiger partial charge in [0.05, 0.1) is 10.6 Å². The molecule has 0 saturated carbocycles. The van der Waals surface area contributed by atoms with Gasteiger partial charge in [-0.2, -0.15) is 0 Å². The molecule has 0 aliphatic rings. The van der Waals surface area contributed by atoms with Crippen LogP contribution >= 0.6 is 0 Å². The molecule has 17 heavy (non-hydrogen) atoms. The predicted octanol–water partition coefficient (Wildman–Crippen LogP) is 2.67. The Morgan fingerprint density at radius 3 is 2.18 bits per heavy atom. The van der Waals surface area contributed by atoms with E-state index in [2.05, 4.69) is 6.92 Å². The minimum absolute atomic E-state index is 0.00271. The molecule has 3 nitrogen and oxygen atoms in total. The molecule has 0 aromatic heterocycles. The van der Waals surface area contributed by atoms with Crippen LogP contribution in [0.3, 0.4) is 0 Å². The topological polar surface area (TPSA) is 60.2 Å². The van der Waals surface area contributed by atoms with Gasteiger partial charge < -0.3 is 5.73 Å². The summed E-state index contributed by atoms with van der Waals surface area (Å²) in [4.78, 5) is 0.395. The van der Waals surface area contributed by atoms with Crippen molar-refractivity contribution in [2.75, 3.05) is 5.75 Å². The minimum Gasteiger partial charge on any atom is -0.324 e. The zero-order chi connectivity index (χ0) is 12.9. The molecular weight excluding hydrogens is 234 g/mol. The Morgan fingerprint density at radius 1 is 1.12 bits per heavy atom. The van der Waals surface area contributed by atoms with E-state index in [0.29, 0.717) is 11.3 Å². The van der Waals surface area contributed by atoms with Crippen molar-refractivity contribution in [1.29, 1.82) is 0 Å². The predicted molar refractivity (Wildman–Crippen MR) is 70.6 cm³/mol. The van der Waals surface area contributed by atoms with Gasteiger partial charge >= 0.3 is 0 Å². The first kappa shape index (κ1) is 14.2. The Kier molecular flexibility index (Phi) is 5.15. The van der Waals surface area contributed by atoms with Gasteiger partial charge in [-0.3, -0.25) is 0 Å². The number of hydrogen-bond donors (Lipinski definition) is 1. The maximum Gasteiger partial charge on any atom is 0.178 e. The summed E-state index contributed by atoms with van der Waals surface area (Å²) in [7, 11) is -3.11. The molecule has 1 aromatic rings. The van der Waals surface area contributed by atoms with Crippen LogP contribution in [-0.2, 0) is 9.84 Å². The summed E-state index contributed by atoms with van der Waals surface area (Å²) in [5.74, 6) is 0.202. The molecule has 0 aliphatic heterocycles. The average Bonchev–Trinajstić information content (AvgIpc) is 2.29. The van der Waals surface area contributed by atoms with Gasteiger partial charge in [0.25, 0.3) is 0 Å². The summed E-state index contributed by atoms with van der Waals surface area (Å²) >= 11 is 0. The third-order valence-corrected chi connectivity index (χ3v) is 4.68. The maximum atomic E-state index is 11.8. The molecular formula is C13H21NO2S. The van der Waals surface area contributed by atoms with Crippen LogP contribution in [0.2, 0.25) is 0 Å². The molecule has 2 N–H and O–H groups in total. The SMILES string of the molecule is CCCC(N)c1ccc(S(=O)(=O)CCC)cc1. The molecule has 1 atom stereocenters. The fraction of sp³-hybridized carbons (Fsp3) is 0.538. The summed E-state index contributed by atoms with van der Waals surface area (Å²) in [6, 6.07) is 6.97. The van der Waals surface area contributed by atoms with Gasteiger partial charge in [0.2, 0.25) is 0 Å². The Hall–Kier alpha value is -0.870. The van der Waals surface area contributed by atoms with Gasteiger partial charge in [0, 0.05) is 6.04 Å². The van der Waals surface area contributed by atoms with E-state index in [1.807, 2.05) is 19.1 Å². The maximum absolute atomic E-state index is 11.8. The molecule has 1 unspecified atom stereocenters. The van der Waals surface area contributed by atoms with Gasteiger partial charge in [-0.25, -0.2) is 8.42 Å². The highest BCUT2D eigenvalue weighted by Crippen LogP contribution is 2.19. The summed E-state index contributed by atoms with van der Waals surface area (Å²) in [5.41, 5.74) is 6.98. The van der Waals surface area contributed by atoms with Gasteiger partial charge in [-0.05, 0) is 30.5 Å². The molecule has 0 radical (unpaired) electrons. The van der Waals surface area contributed by atoms with Gasteiger partial charge in [0.15, 0.2) is 9.84 Å². The monoisotopic (exact) mass is 255 g/mol. The Balaban J connectivity index is 2.88. The van der Waals surface area contributed by atoms with E-state index in [4.69, 9.17) is 5.73 Å². The van der Waals surface area contributed by atoms with Crippen LogP contribution in [0.4, 0.5) is 0 Å². The number of nitrogens with two attached hydrogens (primary N) is 1. The van der Waals surface area contributed by atoms with E-state index in [1.54, 1.807) is 12.1 Å². The summed E-state index contributed by atoms with van der Waals surface area (Å²) in [5, 5.41) is 0. The van der Waals surface area contributed by atoms with Crippen molar-refractivity contribution in [3.8, 4) is 0 Å². The molecule has 1 rings (SSSR count). The van der Waals surface area contributed by atoms with Crippen LogP contribution in [0.5, 0.6) is 0 Å². The van der Waals surface area contributed by atoms with Gasteiger partial charge in [-0.1, -0.05) is 32.4 Å². The van der Waals surface area contributed by atoms with E-state index >= 15 is 0 Å². The second kappa shape index (κ2) is 6.17. The molecule has 0 aliphatic carbocycles. The molecule has 96 valence electrons. The molecule has 4 heteroatoms. The van der Waals surface area contributed by atoms with E-state index in [0.717, 1.165) is 18.4 Å². The highest BCUT2D eigenvalue weighted by Gasteiger charge is 2.13. The Bertz CT molecular complexity index is 437. The van der Waals surface area contributed by atoms with Crippen molar-refractivity contribution in [3.05, 3.63) is 29.8 Å². The van der Waals surface area contributed by atoms with E-state index in [9.17, 15) is 8.42 Å². The fourth-order valence-corrected chi connectivity index (χ4v) is 3.11. The second-order valence-electron chi connectivity index (χ2n) is 4.28. The van der Waals surface area contributed by atoms with Crippen LogP contribution < -0.4 is 5.73 Å². The highest BCUT2D eigenvalue weighted by molar-refractivity contribution is 7.91. The molecule has 0 fully saturated rings. The average molecular weight is 255 g/mol. The normalized spacial score (nSPS) is 13.6. The molecule has 0 amide bonds. The van der Waals surface area contributed by atoms with Gasteiger partial charge in [-0.15, -0.1) is 0 Å². The lowest BCUT2D eigenvalue weighted by molar-refractivity contribution is 0.594. The van der Waals surface area contributed by atoms with Crippen molar-refractivity contribution in [2.24, 2.45) is 5.73 Å². The summed E-state index contributed by atoms with van der Waals surface area (Å²) in [6.07, 6.45) is 2.58. The summed E-state index contributed by atoms with van der Waals surface area (Å²) < 4.78 is 23.6. The van der Waals surface area contributed by atoms with Crippen LogP contribution in [0.25, 0.3) is 0 Å². The Morgan fingerprint density at radius 2 is 1.71 bits per heavy atom. The quantitative estimate of drug-likeness (QED) is 0.850. The summed E-state index contributed by atoms with van der Waals surface area (Å²) in [6.45, 7) is 3.95. The molecule has 1 aromatic carbocycles.